The molecule has 0 amide bonds. The van der Waals surface area contributed by atoms with Crippen molar-refractivity contribution in [1.29, 1.82) is 0 Å². The molecule has 2 aromatic rings. The number of benzene rings is 2. The molecule has 0 fully saturated rings. The van der Waals surface area contributed by atoms with E-state index in [4.69, 9.17) is 23.2 Å². The SMILES string of the molecule is Cc1c(Cl)ccc([C@H](O)CN(C)Cc2ccccc2)c1Cl. The molecule has 112 valence electrons. The molecule has 0 aliphatic heterocycles. The number of nitrogens with zero attached hydrogens (tertiary/aromatic N) is 1. The normalized spacial score (nSPS) is 12.7. The van der Waals surface area contributed by atoms with Gasteiger partial charge in [-0.2, -0.15) is 0 Å². The average molecular weight is 324 g/mol. The van der Waals surface area contributed by atoms with E-state index in [-0.39, 0.29) is 0 Å². The standard InChI is InChI=1S/C17H19Cl2NO/c1-12-15(18)9-8-14(17(12)19)16(21)11-20(2)10-13-6-4-3-5-7-13/h3-9,16,21H,10-11H2,1-2H3/t16-/m1/s1. The van der Waals surface area contributed by atoms with Gasteiger partial charge in [0.05, 0.1) is 11.1 Å². The van der Waals surface area contributed by atoms with Gasteiger partial charge in [0.1, 0.15) is 0 Å². The van der Waals surface area contributed by atoms with Crippen LogP contribution in [-0.4, -0.2) is 23.6 Å². The first-order valence-corrected chi connectivity index (χ1v) is 7.59. The van der Waals surface area contributed by atoms with Gasteiger partial charge in [-0.15, -0.1) is 0 Å². The van der Waals surface area contributed by atoms with E-state index in [9.17, 15) is 5.11 Å². The zero-order valence-corrected chi connectivity index (χ0v) is 13.7. The van der Waals surface area contributed by atoms with Gasteiger partial charge in [-0.05, 0) is 31.2 Å². The highest BCUT2D eigenvalue weighted by Crippen LogP contribution is 2.31. The van der Waals surface area contributed by atoms with Gasteiger partial charge in [-0.3, -0.25) is 4.90 Å². The second-order valence-electron chi connectivity index (χ2n) is 5.27. The first-order chi connectivity index (χ1) is 9.99. The highest BCUT2D eigenvalue weighted by Gasteiger charge is 2.16. The first kappa shape index (κ1) is 16.3. The number of hydrogen-bond acceptors (Lipinski definition) is 2. The predicted molar refractivity (Wildman–Crippen MR) is 88.9 cm³/mol. The lowest BCUT2D eigenvalue weighted by Gasteiger charge is -2.22. The number of likely N-dealkylation sites (N-methyl/N-ethyl adjacent to an activating group) is 1. The Hall–Kier alpha value is -1.06. The van der Waals surface area contributed by atoms with Crippen LogP contribution in [-0.2, 0) is 6.54 Å². The van der Waals surface area contributed by atoms with Crippen LogP contribution in [0, 0.1) is 6.92 Å². The summed E-state index contributed by atoms with van der Waals surface area (Å²) >= 11 is 12.3. The van der Waals surface area contributed by atoms with Crippen LogP contribution in [0.2, 0.25) is 10.0 Å². The maximum Gasteiger partial charge on any atom is 0.0931 e. The molecule has 0 heterocycles. The van der Waals surface area contributed by atoms with Gasteiger partial charge < -0.3 is 5.11 Å². The molecule has 0 bridgehead atoms. The molecule has 0 saturated heterocycles. The Morgan fingerprint density at radius 2 is 1.76 bits per heavy atom. The molecule has 2 aromatic carbocycles. The van der Waals surface area contributed by atoms with Crippen molar-refractivity contribution in [3.8, 4) is 0 Å². The van der Waals surface area contributed by atoms with Crippen LogP contribution in [0.1, 0.15) is 22.8 Å². The predicted octanol–water partition coefficient (Wildman–Crippen LogP) is 4.47. The molecule has 0 spiro atoms. The molecule has 0 unspecified atom stereocenters. The number of halogens is 2. The summed E-state index contributed by atoms with van der Waals surface area (Å²) in [4.78, 5) is 2.07. The van der Waals surface area contributed by atoms with E-state index in [2.05, 4.69) is 17.0 Å². The van der Waals surface area contributed by atoms with E-state index < -0.39 is 6.10 Å². The molecule has 0 aromatic heterocycles. The largest absolute Gasteiger partial charge is 0.387 e. The fourth-order valence-electron chi connectivity index (χ4n) is 2.29. The van der Waals surface area contributed by atoms with Gasteiger partial charge in [0, 0.05) is 23.7 Å². The number of hydrogen-bond donors (Lipinski definition) is 1. The third-order valence-corrected chi connectivity index (χ3v) is 4.40. The average Bonchev–Trinajstić information content (AvgIpc) is 2.45. The molecule has 0 radical (unpaired) electrons. The van der Waals surface area contributed by atoms with Crippen molar-refractivity contribution < 1.29 is 5.11 Å². The van der Waals surface area contributed by atoms with Crippen molar-refractivity contribution in [1.82, 2.24) is 4.90 Å². The Balaban J connectivity index is 2.04. The summed E-state index contributed by atoms with van der Waals surface area (Å²) in [6.07, 6.45) is -0.637. The van der Waals surface area contributed by atoms with Gasteiger partial charge in [-0.25, -0.2) is 0 Å². The Bertz CT molecular complexity index is 601. The van der Waals surface area contributed by atoms with Gasteiger partial charge in [0.2, 0.25) is 0 Å². The number of aliphatic hydroxyl groups is 1. The Labute approximate surface area is 135 Å². The molecule has 0 saturated carbocycles. The van der Waals surface area contributed by atoms with Crippen LogP contribution in [0.5, 0.6) is 0 Å². The van der Waals surface area contributed by atoms with E-state index in [1.807, 2.05) is 32.2 Å². The molecular weight excluding hydrogens is 305 g/mol. The van der Waals surface area contributed by atoms with Crippen LogP contribution in [0.4, 0.5) is 0 Å². The van der Waals surface area contributed by atoms with Crippen LogP contribution in [0.15, 0.2) is 42.5 Å². The van der Waals surface area contributed by atoms with Crippen LogP contribution in [0.3, 0.4) is 0 Å². The summed E-state index contributed by atoms with van der Waals surface area (Å²) in [5, 5.41) is 11.6. The maximum atomic E-state index is 10.4. The summed E-state index contributed by atoms with van der Waals surface area (Å²) in [5.74, 6) is 0. The van der Waals surface area contributed by atoms with E-state index in [0.717, 1.165) is 17.7 Å². The third kappa shape index (κ3) is 4.21. The lowest BCUT2D eigenvalue weighted by Crippen LogP contribution is -2.24. The molecular formula is C17H19Cl2NO. The molecule has 0 aliphatic carbocycles. The molecule has 2 nitrogen and oxygen atoms in total. The lowest BCUT2D eigenvalue weighted by atomic mass is 10.1. The fraction of sp³-hybridized carbons (Fsp3) is 0.294. The Kier molecular flexibility index (Phi) is 5.65. The summed E-state index contributed by atoms with van der Waals surface area (Å²) in [5.41, 5.74) is 2.74. The smallest absolute Gasteiger partial charge is 0.0931 e. The second kappa shape index (κ2) is 7.28. The first-order valence-electron chi connectivity index (χ1n) is 6.84. The summed E-state index contributed by atoms with van der Waals surface area (Å²) in [6, 6.07) is 13.7. The maximum absolute atomic E-state index is 10.4. The quantitative estimate of drug-likeness (QED) is 0.877. The van der Waals surface area contributed by atoms with E-state index in [1.54, 1.807) is 12.1 Å². The highest BCUT2D eigenvalue weighted by molar-refractivity contribution is 6.36. The lowest BCUT2D eigenvalue weighted by molar-refractivity contribution is 0.124. The van der Waals surface area contributed by atoms with Gasteiger partial charge in [0.15, 0.2) is 0 Å². The minimum Gasteiger partial charge on any atom is -0.387 e. The minimum absolute atomic E-state index is 0.510. The van der Waals surface area contributed by atoms with Crippen LogP contribution < -0.4 is 0 Å². The molecule has 4 heteroatoms. The molecule has 0 aliphatic rings. The van der Waals surface area contributed by atoms with Crippen LogP contribution >= 0.6 is 23.2 Å². The van der Waals surface area contributed by atoms with Crippen molar-refractivity contribution in [2.24, 2.45) is 0 Å². The van der Waals surface area contributed by atoms with Crippen LogP contribution in [0.25, 0.3) is 0 Å². The topological polar surface area (TPSA) is 23.5 Å². The fourth-order valence-corrected chi connectivity index (χ4v) is 2.79. The minimum atomic E-state index is -0.637. The zero-order valence-electron chi connectivity index (χ0n) is 12.2. The molecule has 1 atom stereocenters. The van der Waals surface area contributed by atoms with Gasteiger partial charge >= 0.3 is 0 Å². The molecule has 1 N–H and O–H groups in total. The van der Waals surface area contributed by atoms with E-state index in [0.29, 0.717) is 16.6 Å². The van der Waals surface area contributed by atoms with E-state index in [1.165, 1.54) is 5.56 Å². The van der Waals surface area contributed by atoms with E-state index >= 15 is 0 Å². The second-order valence-corrected chi connectivity index (χ2v) is 6.06. The van der Waals surface area contributed by atoms with Crippen molar-refractivity contribution >= 4 is 23.2 Å². The zero-order chi connectivity index (χ0) is 15.4. The number of rotatable bonds is 5. The van der Waals surface area contributed by atoms with Gasteiger partial charge in [0.25, 0.3) is 0 Å². The summed E-state index contributed by atoms with van der Waals surface area (Å²) < 4.78 is 0. The molecule has 2 rings (SSSR count). The summed E-state index contributed by atoms with van der Waals surface area (Å²) in [6.45, 7) is 3.15. The van der Waals surface area contributed by atoms with Gasteiger partial charge in [-0.1, -0.05) is 59.6 Å². The third-order valence-electron chi connectivity index (χ3n) is 3.49. The summed E-state index contributed by atoms with van der Waals surface area (Å²) in [7, 11) is 1.98. The molecule has 21 heavy (non-hydrogen) atoms. The van der Waals surface area contributed by atoms with Crippen molar-refractivity contribution in [3.05, 3.63) is 69.2 Å². The highest BCUT2D eigenvalue weighted by atomic mass is 35.5. The van der Waals surface area contributed by atoms with Crippen molar-refractivity contribution in [2.45, 2.75) is 19.6 Å². The Morgan fingerprint density at radius 3 is 2.43 bits per heavy atom. The van der Waals surface area contributed by atoms with Crippen molar-refractivity contribution in [2.75, 3.05) is 13.6 Å². The Morgan fingerprint density at radius 1 is 1.10 bits per heavy atom. The van der Waals surface area contributed by atoms with Crippen molar-refractivity contribution in [3.63, 3.8) is 0 Å². The number of aliphatic hydroxyl groups excluding tert-OH is 1. The monoisotopic (exact) mass is 323 g/mol.